The molecule has 98 valence electrons. The van der Waals surface area contributed by atoms with Crippen LogP contribution in [0.3, 0.4) is 0 Å². The molecule has 5 heteroatoms. The molecule has 0 saturated heterocycles. The van der Waals surface area contributed by atoms with Crippen LogP contribution in [0.25, 0.3) is 0 Å². The Kier molecular flexibility index (Phi) is 4.02. The third-order valence-corrected chi connectivity index (χ3v) is 2.64. The molecule has 0 bridgehead atoms. The number of pyridine rings is 1. The minimum absolute atomic E-state index is 0.176. The van der Waals surface area contributed by atoms with Gasteiger partial charge >= 0.3 is 5.97 Å². The average Bonchev–Trinajstić information content (AvgIpc) is 2.40. The first-order chi connectivity index (χ1) is 9.08. The van der Waals surface area contributed by atoms with Gasteiger partial charge in [-0.15, -0.1) is 0 Å². The van der Waals surface area contributed by atoms with Crippen LogP contribution >= 0.6 is 11.6 Å². The standard InChI is InChI=1S/C14H12ClNO3/c1-9-3-5-11(6-4-9)19-14(17)10-7-12(15)16-13(8-10)18-2/h3-8H,1-2H3. The molecule has 2 aromatic rings. The Morgan fingerprint density at radius 1 is 1.21 bits per heavy atom. The molecule has 19 heavy (non-hydrogen) atoms. The molecule has 0 amide bonds. The maximum absolute atomic E-state index is 12.0. The summed E-state index contributed by atoms with van der Waals surface area (Å²) in [4.78, 5) is 15.8. The number of methoxy groups -OCH3 is 1. The Morgan fingerprint density at radius 3 is 2.53 bits per heavy atom. The number of aromatic nitrogens is 1. The van der Waals surface area contributed by atoms with Gasteiger partial charge in [-0.1, -0.05) is 29.3 Å². The van der Waals surface area contributed by atoms with Gasteiger partial charge in [-0.2, -0.15) is 0 Å². The normalized spacial score (nSPS) is 10.1. The van der Waals surface area contributed by atoms with E-state index < -0.39 is 5.97 Å². The largest absolute Gasteiger partial charge is 0.481 e. The molecule has 0 aliphatic carbocycles. The number of carbonyl (C=O) groups excluding carboxylic acids is 1. The highest BCUT2D eigenvalue weighted by Gasteiger charge is 2.12. The predicted octanol–water partition coefficient (Wildman–Crippen LogP) is 3.27. The summed E-state index contributed by atoms with van der Waals surface area (Å²) >= 11 is 5.80. The monoisotopic (exact) mass is 277 g/mol. The zero-order valence-electron chi connectivity index (χ0n) is 10.5. The van der Waals surface area contributed by atoms with Gasteiger partial charge < -0.3 is 9.47 Å². The van der Waals surface area contributed by atoms with Gasteiger partial charge in [0.2, 0.25) is 5.88 Å². The summed E-state index contributed by atoms with van der Waals surface area (Å²) in [5.74, 6) is 0.234. The van der Waals surface area contributed by atoms with Crippen molar-refractivity contribution in [1.29, 1.82) is 0 Å². The summed E-state index contributed by atoms with van der Waals surface area (Å²) in [6, 6.07) is 10.1. The van der Waals surface area contributed by atoms with Crippen LogP contribution in [-0.2, 0) is 0 Å². The first-order valence-corrected chi connectivity index (χ1v) is 5.96. The first kappa shape index (κ1) is 13.4. The van der Waals surface area contributed by atoms with Crippen LogP contribution in [0.5, 0.6) is 11.6 Å². The topological polar surface area (TPSA) is 48.4 Å². The van der Waals surface area contributed by atoms with Gasteiger partial charge in [0, 0.05) is 6.07 Å². The highest BCUT2D eigenvalue weighted by Crippen LogP contribution is 2.19. The van der Waals surface area contributed by atoms with Crippen molar-refractivity contribution in [2.24, 2.45) is 0 Å². The number of carbonyl (C=O) groups is 1. The smallest absolute Gasteiger partial charge is 0.343 e. The molecule has 0 unspecified atom stereocenters. The van der Waals surface area contributed by atoms with Crippen LogP contribution in [0.15, 0.2) is 36.4 Å². The summed E-state index contributed by atoms with van der Waals surface area (Å²) in [7, 11) is 1.45. The van der Waals surface area contributed by atoms with Crippen molar-refractivity contribution >= 4 is 17.6 Å². The molecule has 0 fully saturated rings. The van der Waals surface area contributed by atoms with E-state index in [1.807, 2.05) is 19.1 Å². The molecular formula is C14H12ClNO3. The lowest BCUT2D eigenvalue weighted by Crippen LogP contribution is -2.09. The van der Waals surface area contributed by atoms with Crippen LogP contribution in [-0.4, -0.2) is 18.1 Å². The van der Waals surface area contributed by atoms with Crippen molar-refractivity contribution < 1.29 is 14.3 Å². The molecule has 2 rings (SSSR count). The van der Waals surface area contributed by atoms with Crippen molar-refractivity contribution in [3.63, 3.8) is 0 Å². The number of ether oxygens (including phenoxy) is 2. The van der Waals surface area contributed by atoms with Crippen molar-refractivity contribution in [2.75, 3.05) is 7.11 Å². The highest BCUT2D eigenvalue weighted by molar-refractivity contribution is 6.29. The van der Waals surface area contributed by atoms with Crippen LogP contribution in [0.2, 0.25) is 5.15 Å². The number of aryl methyl sites for hydroxylation is 1. The van der Waals surface area contributed by atoms with Gasteiger partial charge in [0.25, 0.3) is 0 Å². The Morgan fingerprint density at radius 2 is 1.89 bits per heavy atom. The van der Waals surface area contributed by atoms with E-state index in [0.29, 0.717) is 5.75 Å². The predicted molar refractivity (Wildman–Crippen MR) is 71.9 cm³/mol. The van der Waals surface area contributed by atoms with Gasteiger partial charge in [-0.25, -0.2) is 9.78 Å². The fourth-order valence-corrected chi connectivity index (χ4v) is 1.67. The van der Waals surface area contributed by atoms with Gasteiger partial charge in [-0.05, 0) is 25.1 Å². The Bertz CT molecular complexity index is 596. The van der Waals surface area contributed by atoms with Gasteiger partial charge in [0.1, 0.15) is 10.9 Å². The number of hydrogen-bond donors (Lipinski definition) is 0. The minimum Gasteiger partial charge on any atom is -0.481 e. The molecule has 1 aromatic carbocycles. The molecule has 0 aliphatic heterocycles. The lowest BCUT2D eigenvalue weighted by molar-refractivity contribution is 0.0734. The second kappa shape index (κ2) is 5.71. The second-order valence-corrected chi connectivity index (χ2v) is 4.31. The molecule has 1 aromatic heterocycles. The molecule has 0 saturated carbocycles. The van der Waals surface area contributed by atoms with Gasteiger partial charge in [0.05, 0.1) is 12.7 Å². The quantitative estimate of drug-likeness (QED) is 0.491. The van der Waals surface area contributed by atoms with E-state index in [0.717, 1.165) is 5.56 Å². The van der Waals surface area contributed by atoms with Crippen LogP contribution in [0.4, 0.5) is 0 Å². The number of esters is 1. The number of benzene rings is 1. The maximum Gasteiger partial charge on any atom is 0.343 e. The van der Waals surface area contributed by atoms with Gasteiger partial charge in [0.15, 0.2) is 0 Å². The summed E-state index contributed by atoms with van der Waals surface area (Å²) in [5, 5.41) is 0.176. The lowest BCUT2D eigenvalue weighted by atomic mass is 10.2. The maximum atomic E-state index is 12.0. The zero-order valence-corrected chi connectivity index (χ0v) is 11.3. The first-order valence-electron chi connectivity index (χ1n) is 5.59. The van der Waals surface area contributed by atoms with E-state index in [-0.39, 0.29) is 16.6 Å². The van der Waals surface area contributed by atoms with Crippen molar-refractivity contribution in [2.45, 2.75) is 6.92 Å². The molecule has 4 nitrogen and oxygen atoms in total. The van der Waals surface area contributed by atoms with Crippen molar-refractivity contribution in [3.8, 4) is 11.6 Å². The van der Waals surface area contributed by atoms with E-state index in [1.165, 1.54) is 19.2 Å². The van der Waals surface area contributed by atoms with E-state index in [1.54, 1.807) is 12.1 Å². The number of halogens is 1. The van der Waals surface area contributed by atoms with Crippen LogP contribution in [0.1, 0.15) is 15.9 Å². The fraction of sp³-hybridized carbons (Fsp3) is 0.143. The van der Waals surface area contributed by atoms with Crippen LogP contribution in [0, 0.1) is 6.92 Å². The Balaban J connectivity index is 2.20. The molecule has 0 spiro atoms. The minimum atomic E-state index is -0.508. The molecular weight excluding hydrogens is 266 g/mol. The van der Waals surface area contributed by atoms with E-state index in [2.05, 4.69) is 4.98 Å². The molecule has 1 heterocycles. The van der Waals surface area contributed by atoms with E-state index in [9.17, 15) is 4.79 Å². The Hall–Kier alpha value is -2.07. The van der Waals surface area contributed by atoms with Crippen LogP contribution < -0.4 is 9.47 Å². The Labute approximate surface area is 115 Å². The summed E-state index contributed by atoms with van der Waals surface area (Å²) in [6.07, 6.45) is 0. The van der Waals surface area contributed by atoms with E-state index in [4.69, 9.17) is 21.1 Å². The van der Waals surface area contributed by atoms with E-state index >= 15 is 0 Å². The lowest BCUT2D eigenvalue weighted by Gasteiger charge is -2.06. The number of hydrogen-bond acceptors (Lipinski definition) is 4. The highest BCUT2D eigenvalue weighted by atomic mass is 35.5. The summed E-state index contributed by atoms with van der Waals surface area (Å²) in [5.41, 5.74) is 1.38. The summed E-state index contributed by atoms with van der Waals surface area (Å²) in [6.45, 7) is 1.96. The zero-order chi connectivity index (χ0) is 13.8. The molecule has 0 N–H and O–H groups in total. The number of nitrogens with zero attached hydrogens (tertiary/aromatic N) is 1. The van der Waals surface area contributed by atoms with Crippen molar-refractivity contribution in [3.05, 3.63) is 52.7 Å². The number of rotatable bonds is 3. The third-order valence-electron chi connectivity index (χ3n) is 2.45. The second-order valence-electron chi connectivity index (χ2n) is 3.92. The fourth-order valence-electron chi connectivity index (χ4n) is 1.47. The average molecular weight is 278 g/mol. The molecule has 0 atom stereocenters. The van der Waals surface area contributed by atoms with Crippen molar-refractivity contribution in [1.82, 2.24) is 4.98 Å². The van der Waals surface area contributed by atoms with Gasteiger partial charge in [-0.3, -0.25) is 0 Å². The SMILES string of the molecule is COc1cc(C(=O)Oc2ccc(C)cc2)cc(Cl)n1. The molecule has 0 aliphatic rings. The third kappa shape index (κ3) is 3.45. The summed E-state index contributed by atoms with van der Waals surface area (Å²) < 4.78 is 10.2. The molecule has 0 radical (unpaired) electrons.